The molecule has 0 unspecified atom stereocenters. The molecule has 0 saturated heterocycles. The van der Waals surface area contributed by atoms with E-state index in [4.69, 9.17) is 0 Å². The van der Waals surface area contributed by atoms with Crippen molar-refractivity contribution >= 4 is 11.4 Å². The Morgan fingerprint density at radius 1 is 0.577 bits per heavy atom. The number of hydrogen-bond acceptors (Lipinski definition) is 2. The highest BCUT2D eigenvalue weighted by molar-refractivity contribution is 5.55. The summed E-state index contributed by atoms with van der Waals surface area (Å²) in [5.41, 5.74) is 2.75. The Labute approximate surface area is 163 Å². The van der Waals surface area contributed by atoms with Gasteiger partial charge in [0.05, 0.1) is 0 Å². The molecule has 0 aliphatic heterocycles. The summed E-state index contributed by atoms with van der Waals surface area (Å²) in [6, 6.07) is 8.85. The second-order valence-corrected chi connectivity index (χ2v) is 9.22. The molecule has 1 aromatic rings. The van der Waals surface area contributed by atoms with Gasteiger partial charge in [-0.15, -0.1) is 0 Å². The van der Waals surface area contributed by atoms with E-state index in [2.05, 4.69) is 76.4 Å². The molecule has 1 rings (SSSR count). The van der Waals surface area contributed by atoms with Crippen LogP contribution >= 0.6 is 0 Å². The van der Waals surface area contributed by atoms with Crippen molar-refractivity contribution in [1.82, 2.24) is 0 Å². The number of nitrogens with one attached hydrogen (secondary N) is 2. The standard InChI is InChI=1S/C24H44N2/c1-7-9-11-13-19-23(3,4)25-21-15-17-22(18-16-21)26-24(5,6)20-14-12-10-8-2/h15-18,25-26H,7-14,19-20H2,1-6H3. The fraction of sp³-hybridized carbons (Fsp3) is 0.750. The van der Waals surface area contributed by atoms with Crippen LogP contribution < -0.4 is 10.6 Å². The molecule has 2 nitrogen and oxygen atoms in total. The Morgan fingerprint density at radius 3 is 1.23 bits per heavy atom. The first-order valence-electron chi connectivity index (χ1n) is 10.9. The SMILES string of the molecule is CCCCCCC(C)(C)Nc1ccc(NC(C)(C)CCCCCC)cc1. The Hall–Kier alpha value is -1.18. The van der Waals surface area contributed by atoms with Crippen molar-refractivity contribution in [3.8, 4) is 0 Å². The molecular formula is C24H44N2. The predicted octanol–water partition coefficient (Wildman–Crippen LogP) is 8.01. The lowest BCUT2D eigenvalue weighted by Gasteiger charge is -2.29. The van der Waals surface area contributed by atoms with E-state index in [0.29, 0.717) is 0 Å². The van der Waals surface area contributed by atoms with Crippen molar-refractivity contribution in [3.63, 3.8) is 0 Å². The first-order chi connectivity index (χ1) is 12.3. The summed E-state index contributed by atoms with van der Waals surface area (Å²) < 4.78 is 0. The normalized spacial score (nSPS) is 12.2. The second-order valence-electron chi connectivity index (χ2n) is 9.22. The lowest BCUT2D eigenvalue weighted by molar-refractivity contribution is 0.477. The molecule has 0 saturated carbocycles. The number of anilines is 2. The average Bonchev–Trinajstić information content (AvgIpc) is 2.57. The Kier molecular flexibility index (Phi) is 10.1. The molecule has 0 aliphatic rings. The van der Waals surface area contributed by atoms with Gasteiger partial charge in [0.2, 0.25) is 0 Å². The van der Waals surface area contributed by atoms with Crippen LogP contribution in [0.4, 0.5) is 11.4 Å². The van der Waals surface area contributed by atoms with Crippen molar-refractivity contribution in [2.24, 2.45) is 0 Å². The summed E-state index contributed by atoms with van der Waals surface area (Å²) in [6.45, 7) is 13.8. The Balaban J connectivity index is 2.46. The molecule has 0 fully saturated rings. The maximum Gasteiger partial charge on any atom is 0.0345 e. The van der Waals surface area contributed by atoms with Crippen LogP contribution in [0.1, 0.15) is 106 Å². The highest BCUT2D eigenvalue weighted by Gasteiger charge is 2.18. The van der Waals surface area contributed by atoms with E-state index in [1.54, 1.807) is 0 Å². The predicted molar refractivity (Wildman–Crippen MR) is 119 cm³/mol. The molecule has 2 heteroatoms. The van der Waals surface area contributed by atoms with Gasteiger partial charge in [-0.3, -0.25) is 0 Å². The number of rotatable bonds is 14. The molecule has 0 bridgehead atoms. The van der Waals surface area contributed by atoms with Gasteiger partial charge in [0.15, 0.2) is 0 Å². The molecule has 1 aromatic carbocycles. The number of unbranched alkanes of at least 4 members (excludes halogenated alkanes) is 6. The molecule has 0 aliphatic carbocycles. The molecule has 0 spiro atoms. The van der Waals surface area contributed by atoms with Gasteiger partial charge in [-0.25, -0.2) is 0 Å². The van der Waals surface area contributed by atoms with Crippen molar-refractivity contribution in [2.75, 3.05) is 10.6 Å². The van der Waals surface area contributed by atoms with Gasteiger partial charge in [0.25, 0.3) is 0 Å². The topological polar surface area (TPSA) is 24.1 Å². The molecule has 150 valence electrons. The van der Waals surface area contributed by atoms with Crippen molar-refractivity contribution < 1.29 is 0 Å². The lowest BCUT2D eigenvalue weighted by Crippen LogP contribution is -2.31. The lowest BCUT2D eigenvalue weighted by atomic mass is 9.95. The first kappa shape index (κ1) is 22.9. The maximum atomic E-state index is 3.71. The zero-order chi connectivity index (χ0) is 19.5. The van der Waals surface area contributed by atoms with Gasteiger partial charge in [-0.05, 0) is 64.8 Å². The van der Waals surface area contributed by atoms with Crippen molar-refractivity contribution in [2.45, 2.75) is 117 Å². The second kappa shape index (κ2) is 11.5. The number of benzene rings is 1. The fourth-order valence-electron chi connectivity index (χ4n) is 3.53. The first-order valence-corrected chi connectivity index (χ1v) is 10.9. The third-order valence-corrected chi connectivity index (χ3v) is 5.16. The fourth-order valence-corrected chi connectivity index (χ4v) is 3.53. The average molecular weight is 361 g/mol. The van der Waals surface area contributed by atoms with E-state index >= 15 is 0 Å². The highest BCUT2D eigenvalue weighted by Crippen LogP contribution is 2.25. The van der Waals surface area contributed by atoms with Crippen LogP contribution in [-0.2, 0) is 0 Å². The Bertz CT molecular complexity index is 428. The van der Waals surface area contributed by atoms with Crippen LogP contribution in [0.3, 0.4) is 0 Å². The van der Waals surface area contributed by atoms with Gasteiger partial charge in [0.1, 0.15) is 0 Å². The van der Waals surface area contributed by atoms with Crippen LogP contribution in [-0.4, -0.2) is 11.1 Å². The zero-order valence-electron chi connectivity index (χ0n) is 18.4. The van der Waals surface area contributed by atoms with Gasteiger partial charge < -0.3 is 10.6 Å². The van der Waals surface area contributed by atoms with Crippen LogP contribution in [0, 0.1) is 0 Å². The van der Waals surface area contributed by atoms with Gasteiger partial charge in [-0.2, -0.15) is 0 Å². The number of hydrogen-bond donors (Lipinski definition) is 2. The molecule has 0 radical (unpaired) electrons. The summed E-state index contributed by atoms with van der Waals surface area (Å²) >= 11 is 0. The van der Waals surface area contributed by atoms with E-state index in [1.165, 1.54) is 75.6 Å². The van der Waals surface area contributed by atoms with E-state index in [-0.39, 0.29) is 11.1 Å². The molecular weight excluding hydrogens is 316 g/mol. The van der Waals surface area contributed by atoms with Crippen molar-refractivity contribution in [3.05, 3.63) is 24.3 Å². The summed E-state index contributed by atoms with van der Waals surface area (Å²) in [4.78, 5) is 0. The zero-order valence-corrected chi connectivity index (χ0v) is 18.4. The maximum absolute atomic E-state index is 3.71. The monoisotopic (exact) mass is 360 g/mol. The highest BCUT2D eigenvalue weighted by atomic mass is 15.0. The summed E-state index contributed by atoms with van der Waals surface area (Å²) in [6.07, 6.45) is 13.1. The van der Waals surface area contributed by atoms with E-state index < -0.39 is 0 Å². The van der Waals surface area contributed by atoms with Crippen LogP contribution in [0.5, 0.6) is 0 Å². The largest absolute Gasteiger partial charge is 0.380 e. The van der Waals surface area contributed by atoms with Crippen molar-refractivity contribution in [1.29, 1.82) is 0 Å². The van der Waals surface area contributed by atoms with Gasteiger partial charge in [-0.1, -0.05) is 65.2 Å². The molecule has 0 atom stereocenters. The quantitative estimate of drug-likeness (QED) is 0.328. The minimum absolute atomic E-state index is 0.154. The molecule has 26 heavy (non-hydrogen) atoms. The Morgan fingerprint density at radius 2 is 0.923 bits per heavy atom. The molecule has 0 amide bonds. The van der Waals surface area contributed by atoms with Gasteiger partial charge >= 0.3 is 0 Å². The van der Waals surface area contributed by atoms with E-state index in [1.807, 2.05) is 0 Å². The molecule has 0 aromatic heterocycles. The third kappa shape index (κ3) is 10.1. The summed E-state index contributed by atoms with van der Waals surface area (Å²) in [5.74, 6) is 0. The van der Waals surface area contributed by atoms with Gasteiger partial charge in [0, 0.05) is 22.5 Å². The summed E-state index contributed by atoms with van der Waals surface area (Å²) in [7, 11) is 0. The van der Waals surface area contributed by atoms with E-state index in [0.717, 1.165) is 0 Å². The minimum Gasteiger partial charge on any atom is -0.380 e. The summed E-state index contributed by atoms with van der Waals surface area (Å²) in [5, 5.41) is 7.41. The van der Waals surface area contributed by atoms with Crippen LogP contribution in [0.25, 0.3) is 0 Å². The molecule has 0 heterocycles. The smallest absolute Gasteiger partial charge is 0.0345 e. The van der Waals surface area contributed by atoms with Crippen LogP contribution in [0.2, 0.25) is 0 Å². The van der Waals surface area contributed by atoms with Crippen LogP contribution in [0.15, 0.2) is 24.3 Å². The minimum atomic E-state index is 0.154. The third-order valence-electron chi connectivity index (χ3n) is 5.16. The van der Waals surface area contributed by atoms with E-state index in [9.17, 15) is 0 Å². The molecule has 2 N–H and O–H groups in total.